The zero-order chi connectivity index (χ0) is 49.6. The number of hydrazine groups is 1. The van der Waals surface area contributed by atoms with Crippen LogP contribution < -0.4 is 10.7 Å². The van der Waals surface area contributed by atoms with Crippen molar-refractivity contribution < 1.29 is 38.6 Å². The molecule has 0 spiro atoms. The van der Waals surface area contributed by atoms with Crippen molar-refractivity contribution in [1.82, 2.24) is 30.1 Å². The molecule has 4 heterocycles. The third-order valence-corrected chi connectivity index (χ3v) is 14.0. The first kappa shape index (κ1) is 51.0. The molecule has 3 aliphatic heterocycles. The Labute approximate surface area is 407 Å². The van der Waals surface area contributed by atoms with Crippen LogP contribution in [0.2, 0.25) is 0 Å². The first-order valence-electron chi connectivity index (χ1n) is 24.8. The predicted octanol–water partition coefficient (Wildman–Crippen LogP) is 6.64. The summed E-state index contributed by atoms with van der Waals surface area (Å²) in [6.07, 6.45) is 7.38. The molecule has 3 N–H and O–H groups in total. The number of nitrogens with zero attached hydrogens (tertiary/aromatic N) is 4. The van der Waals surface area contributed by atoms with E-state index in [2.05, 4.69) is 90.7 Å². The number of likely N-dealkylation sites (tertiary alicyclic amines) is 1. The summed E-state index contributed by atoms with van der Waals surface area (Å²) in [5.41, 5.74) is 9.23. The number of nitrogens with one attached hydrogen (secondary N) is 2. The van der Waals surface area contributed by atoms with Crippen LogP contribution in [0, 0.1) is 11.3 Å². The van der Waals surface area contributed by atoms with Crippen LogP contribution in [-0.2, 0) is 59.3 Å². The standard InChI is InChI=1S/C55H72N6O8/c1-9-11-12-22-47(62)59-28-26-55(67,34-59)53(66)58(7)48(36(3)4)50(63)56-45-31-37-17-15-19-39(30-37)40-23-24-46-42(32-40)43(49(60(46)10-2)41-20-14-13-18-38(41)25-29-68-8)33-54(5,6)35-69-52(65)44-21-16-27-61(57-44)51(45)64/h12-15,17-20,22-24,30,32,36,44-45,48,57,67H,9-11,16,21,25-29,31,33-35H2,1-8H3,(H,56,63)/b22-12+/t44-,45-,48-,55?/m0/s1. The van der Waals surface area contributed by atoms with Crippen LogP contribution in [0.25, 0.3) is 33.3 Å². The fourth-order valence-corrected chi connectivity index (χ4v) is 10.4. The van der Waals surface area contributed by atoms with Crippen LogP contribution in [0.1, 0.15) is 90.3 Å². The molecule has 14 heteroatoms. The van der Waals surface area contributed by atoms with Crippen molar-refractivity contribution in [3.8, 4) is 22.4 Å². The molecule has 7 rings (SSSR count). The topological polar surface area (TPSA) is 163 Å². The van der Waals surface area contributed by atoms with Gasteiger partial charge in [0.15, 0.2) is 5.60 Å². The summed E-state index contributed by atoms with van der Waals surface area (Å²) < 4.78 is 14.1. The van der Waals surface area contributed by atoms with Crippen LogP contribution in [-0.4, -0.2) is 125 Å². The van der Waals surface area contributed by atoms with Gasteiger partial charge in [0.05, 0.1) is 25.5 Å². The first-order valence-corrected chi connectivity index (χ1v) is 24.8. The van der Waals surface area contributed by atoms with E-state index in [9.17, 15) is 29.1 Å². The number of ether oxygens (including phenoxy) is 2. The van der Waals surface area contributed by atoms with Gasteiger partial charge in [0.25, 0.3) is 11.8 Å². The zero-order valence-corrected chi connectivity index (χ0v) is 41.8. The third kappa shape index (κ3) is 11.3. The van der Waals surface area contributed by atoms with Gasteiger partial charge in [-0.2, -0.15) is 0 Å². The number of benzene rings is 3. The van der Waals surface area contributed by atoms with E-state index in [0.29, 0.717) is 32.4 Å². The highest BCUT2D eigenvalue weighted by Gasteiger charge is 2.48. The molecular formula is C55H72N6O8. The predicted molar refractivity (Wildman–Crippen MR) is 268 cm³/mol. The second kappa shape index (κ2) is 21.9. The highest BCUT2D eigenvalue weighted by atomic mass is 16.5. The number of allylic oxidation sites excluding steroid dienone is 1. The van der Waals surface area contributed by atoms with E-state index in [4.69, 9.17) is 9.47 Å². The zero-order valence-electron chi connectivity index (χ0n) is 41.8. The van der Waals surface area contributed by atoms with Crippen LogP contribution in [0.5, 0.6) is 0 Å². The van der Waals surface area contributed by atoms with Crippen LogP contribution in [0.15, 0.2) is 78.9 Å². The largest absolute Gasteiger partial charge is 0.464 e. The number of likely N-dealkylation sites (N-methyl/N-ethyl adjacent to an activating group) is 1. The van der Waals surface area contributed by atoms with E-state index in [0.717, 1.165) is 64.7 Å². The van der Waals surface area contributed by atoms with Crippen molar-refractivity contribution in [2.24, 2.45) is 11.3 Å². The normalized spacial score (nSPS) is 21.4. The van der Waals surface area contributed by atoms with Crippen molar-refractivity contribution >= 4 is 40.5 Å². The number of aliphatic hydroxyl groups is 1. The van der Waals surface area contributed by atoms with E-state index in [1.165, 1.54) is 39.1 Å². The number of rotatable bonds is 13. The number of β-amino-alcohol motifs (C(OH)–C–C–N with tert-alkyl or cyclic N) is 1. The molecule has 0 aliphatic carbocycles. The second-order valence-electron chi connectivity index (χ2n) is 20.3. The number of cyclic esters (lactones) is 1. The summed E-state index contributed by atoms with van der Waals surface area (Å²) >= 11 is 0. The van der Waals surface area contributed by atoms with Crippen molar-refractivity contribution in [3.05, 3.63) is 95.6 Å². The van der Waals surface area contributed by atoms with Gasteiger partial charge >= 0.3 is 5.97 Å². The van der Waals surface area contributed by atoms with Gasteiger partial charge in [-0.25, -0.2) is 5.43 Å². The summed E-state index contributed by atoms with van der Waals surface area (Å²) in [7, 11) is 3.20. The van der Waals surface area contributed by atoms with Gasteiger partial charge in [0, 0.05) is 68.5 Å². The number of hydrogen-bond donors (Lipinski definition) is 3. The summed E-state index contributed by atoms with van der Waals surface area (Å²) in [5, 5.41) is 17.2. The van der Waals surface area contributed by atoms with Gasteiger partial charge in [-0.1, -0.05) is 102 Å². The minimum atomic E-state index is -1.89. The third-order valence-electron chi connectivity index (χ3n) is 14.0. The molecule has 1 unspecified atom stereocenters. The highest BCUT2D eigenvalue weighted by Crippen LogP contribution is 2.41. The molecule has 2 fully saturated rings. The van der Waals surface area contributed by atoms with Crippen LogP contribution >= 0.6 is 0 Å². The average molecular weight is 945 g/mol. The molecule has 6 bridgehead atoms. The van der Waals surface area contributed by atoms with Gasteiger partial charge in [-0.05, 0) is 91.0 Å². The number of methoxy groups -OCH3 is 1. The van der Waals surface area contributed by atoms with E-state index >= 15 is 0 Å². The maximum absolute atomic E-state index is 14.8. The smallest absolute Gasteiger partial charge is 0.324 e. The van der Waals surface area contributed by atoms with Gasteiger partial charge in [-0.15, -0.1) is 0 Å². The number of amides is 4. The van der Waals surface area contributed by atoms with Gasteiger partial charge in [0.1, 0.15) is 18.1 Å². The van der Waals surface area contributed by atoms with Crippen LogP contribution in [0.3, 0.4) is 0 Å². The Balaban J connectivity index is 1.25. The number of aryl methyl sites for hydroxylation is 1. The number of carbonyl (C=O) groups is 5. The number of fused-ring (bicyclic) bond motifs is 6. The minimum Gasteiger partial charge on any atom is -0.464 e. The lowest BCUT2D eigenvalue weighted by molar-refractivity contribution is -0.156. The summed E-state index contributed by atoms with van der Waals surface area (Å²) in [4.78, 5) is 73.1. The Morgan fingerprint density at radius 2 is 1.80 bits per heavy atom. The van der Waals surface area contributed by atoms with E-state index in [-0.39, 0.29) is 38.4 Å². The Hall–Kier alpha value is -5.83. The maximum Gasteiger partial charge on any atom is 0.324 e. The molecule has 4 amide bonds. The lowest BCUT2D eigenvalue weighted by Crippen LogP contribution is -2.63. The van der Waals surface area contributed by atoms with Gasteiger partial charge < -0.3 is 34.3 Å². The van der Waals surface area contributed by atoms with Gasteiger partial charge in [0.2, 0.25) is 11.8 Å². The molecule has 3 aromatic carbocycles. The Bertz CT molecular complexity index is 2560. The quantitative estimate of drug-likeness (QED) is 0.0987. The maximum atomic E-state index is 14.8. The van der Waals surface area contributed by atoms with Gasteiger partial charge in [-0.3, -0.25) is 29.0 Å². The van der Waals surface area contributed by atoms with Crippen molar-refractivity contribution in [1.29, 1.82) is 0 Å². The molecule has 1 aromatic heterocycles. The van der Waals surface area contributed by atoms with E-state index < -0.39 is 58.8 Å². The van der Waals surface area contributed by atoms with Crippen molar-refractivity contribution in [3.63, 3.8) is 0 Å². The summed E-state index contributed by atoms with van der Waals surface area (Å²) in [6.45, 7) is 13.8. The van der Waals surface area contributed by atoms with Crippen molar-refractivity contribution in [2.45, 2.75) is 123 Å². The number of esters is 1. The minimum absolute atomic E-state index is 0.0256. The Morgan fingerprint density at radius 3 is 2.54 bits per heavy atom. The van der Waals surface area contributed by atoms with E-state index in [1.54, 1.807) is 27.0 Å². The number of carbonyl (C=O) groups excluding carboxylic acids is 5. The lowest BCUT2D eigenvalue weighted by Gasteiger charge is -2.37. The molecule has 0 saturated carbocycles. The van der Waals surface area contributed by atoms with E-state index in [1.807, 2.05) is 19.1 Å². The fourth-order valence-electron chi connectivity index (χ4n) is 10.4. The number of hydrogen-bond acceptors (Lipinski definition) is 9. The molecule has 3 aliphatic rings. The van der Waals surface area contributed by atoms with Crippen LogP contribution in [0.4, 0.5) is 0 Å². The highest BCUT2D eigenvalue weighted by molar-refractivity contribution is 5.97. The molecular weight excluding hydrogens is 873 g/mol. The second-order valence-corrected chi connectivity index (χ2v) is 20.3. The monoisotopic (exact) mass is 945 g/mol. The lowest BCUT2D eigenvalue weighted by atomic mass is 9.83. The summed E-state index contributed by atoms with van der Waals surface area (Å²) in [6, 6.07) is 20.1. The molecule has 0 radical (unpaired) electrons. The molecule has 69 heavy (non-hydrogen) atoms. The average Bonchev–Trinajstić information content (AvgIpc) is 3.89. The first-order chi connectivity index (χ1) is 33.0. The molecule has 4 aromatic rings. The molecule has 2 saturated heterocycles. The summed E-state index contributed by atoms with van der Waals surface area (Å²) in [5.74, 6) is -2.84. The van der Waals surface area contributed by atoms with Crippen molar-refractivity contribution in [2.75, 3.05) is 47.0 Å². The molecule has 370 valence electrons. The fraction of sp³-hybridized carbons (Fsp3) is 0.509. The molecule has 14 nitrogen and oxygen atoms in total. The number of aromatic nitrogens is 1. The molecule has 4 atom stereocenters. The Morgan fingerprint density at radius 1 is 1.03 bits per heavy atom. The SMILES string of the molecule is CCC/C=C/C(=O)N1CCC(O)(C(=O)N(C)[C@H](C(=O)N[C@H]2Cc3cccc(c3)-c3ccc4c(c3)c(c(-c3ccccc3CCOC)n4CC)CC(C)(C)COC(=O)[C@@H]3CCCN(N3)C2=O)C(C)C)C1. The Kier molecular flexibility index (Phi) is 16.2. The number of unbranched alkanes of at least 4 members (excludes halogenated alkanes) is 1.